The number of aryl methyl sites for hydroxylation is 3. The van der Waals surface area contributed by atoms with Crippen LogP contribution in [0.25, 0.3) is 0 Å². The van der Waals surface area contributed by atoms with Gasteiger partial charge in [-0.3, -0.25) is 0 Å². The van der Waals surface area contributed by atoms with E-state index in [2.05, 4.69) is 69.5 Å². The highest BCUT2D eigenvalue weighted by Crippen LogP contribution is 2.31. The van der Waals surface area contributed by atoms with Gasteiger partial charge in [0.25, 0.3) is 0 Å². The first kappa shape index (κ1) is 18.1. The average Bonchev–Trinajstić information content (AvgIpc) is 2.45. The van der Waals surface area contributed by atoms with Gasteiger partial charge in [0.1, 0.15) is 0 Å². The summed E-state index contributed by atoms with van der Waals surface area (Å²) in [6, 6.07) is 12.3. The zero-order valence-corrected chi connectivity index (χ0v) is 15.6. The molecular weight excluding hydrogens is 296 g/mol. The van der Waals surface area contributed by atoms with Crippen LogP contribution in [0.5, 0.6) is 0 Å². The number of hydrogen-bond acceptors (Lipinski definition) is 1. The van der Waals surface area contributed by atoms with Crippen molar-refractivity contribution in [3.63, 3.8) is 0 Å². The van der Waals surface area contributed by atoms with Crippen molar-refractivity contribution < 1.29 is 4.79 Å². The molecule has 0 aliphatic carbocycles. The highest BCUT2D eigenvalue weighted by Gasteiger charge is 2.20. The summed E-state index contributed by atoms with van der Waals surface area (Å²) in [5, 5.41) is 5.99. The van der Waals surface area contributed by atoms with Gasteiger partial charge < -0.3 is 10.6 Å². The Morgan fingerprint density at radius 1 is 1.00 bits per heavy atom. The lowest BCUT2D eigenvalue weighted by Crippen LogP contribution is -2.30. The fourth-order valence-electron chi connectivity index (χ4n) is 2.97. The van der Waals surface area contributed by atoms with Crippen molar-refractivity contribution in [1.82, 2.24) is 5.32 Å². The molecule has 128 valence electrons. The smallest absolute Gasteiger partial charge is 0.319 e. The Morgan fingerprint density at radius 3 is 2.21 bits per heavy atom. The largest absolute Gasteiger partial charge is 0.334 e. The van der Waals surface area contributed by atoms with Gasteiger partial charge >= 0.3 is 6.03 Å². The third kappa shape index (κ3) is 4.60. The van der Waals surface area contributed by atoms with Crippen LogP contribution in [0.4, 0.5) is 10.5 Å². The van der Waals surface area contributed by atoms with Gasteiger partial charge in [0.15, 0.2) is 0 Å². The third-order valence-electron chi connectivity index (χ3n) is 4.05. The molecule has 2 N–H and O–H groups in total. The number of hydrogen-bond donors (Lipinski definition) is 2. The number of carbonyl (C=O) groups excluding carboxylic acids is 1. The van der Waals surface area contributed by atoms with Crippen LogP contribution in [0, 0.1) is 20.8 Å². The first-order valence-corrected chi connectivity index (χ1v) is 8.39. The lowest BCUT2D eigenvalue weighted by Gasteiger charge is -2.24. The second-order valence-electron chi connectivity index (χ2n) is 7.55. The maximum atomic E-state index is 12.4. The monoisotopic (exact) mass is 324 g/mol. The summed E-state index contributed by atoms with van der Waals surface area (Å²) >= 11 is 0. The molecule has 0 fully saturated rings. The van der Waals surface area contributed by atoms with E-state index < -0.39 is 0 Å². The van der Waals surface area contributed by atoms with E-state index in [0.717, 1.165) is 22.4 Å². The minimum absolute atomic E-state index is 0.0255. The number of benzene rings is 2. The fraction of sp³-hybridized carbons (Fsp3) is 0.381. The van der Waals surface area contributed by atoms with E-state index in [0.29, 0.717) is 6.54 Å². The molecule has 3 nitrogen and oxygen atoms in total. The summed E-state index contributed by atoms with van der Waals surface area (Å²) in [6.07, 6.45) is 0. The molecule has 2 aromatic rings. The summed E-state index contributed by atoms with van der Waals surface area (Å²) in [7, 11) is 0. The van der Waals surface area contributed by atoms with E-state index in [9.17, 15) is 4.79 Å². The standard InChI is InChI=1S/C21H28N2O/c1-14-10-15(2)12-17(11-14)13-22-20(24)23-19-16(3)8-7-9-18(19)21(4,5)6/h7-12H,13H2,1-6H3,(H2,22,23,24). The van der Waals surface area contributed by atoms with Crippen molar-refractivity contribution in [2.24, 2.45) is 0 Å². The van der Waals surface area contributed by atoms with Crippen molar-refractivity contribution in [2.75, 3.05) is 5.32 Å². The Morgan fingerprint density at radius 2 is 1.62 bits per heavy atom. The van der Waals surface area contributed by atoms with E-state index in [4.69, 9.17) is 0 Å². The molecule has 0 radical (unpaired) electrons. The summed E-state index contributed by atoms with van der Waals surface area (Å²) in [4.78, 5) is 12.4. The Balaban J connectivity index is 2.10. The second-order valence-corrected chi connectivity index (χ2v) is 7.55. The van der Waals surface area contributed by atoms with Crippen molar-refractivity contribution in [3.05, 3.63) is 64.2 Å². The highest BCUT2D eigenvalue weighted by atomic mass is 16.2. The number of urea groups is 1. The van der Waals surface area contributed by atoms with Gasteiger partial charge in [-0.25, -0.2) is 4.79 Å². The van der Waals surface area contributed by atoms with Crippen molar-refractivity contribution >= 4 is 11.7 Å². The van der Waals surface area contributed by atoms with E-state index in [-0.39, 0.29) is 11.4 Å². The van der Waals surface area contributed by atoms with Gasteiger partial charge in [0.05, 0.1) is 0 Å². The number of amides is 2. The van der Waals surface area contributed by atoms with Gasteiger partial charge in [-0.15, -0.1) is 0 Å². The molecule has 0 spiro atoms. The topological polar surface area (TPSA) is 41.1 Å². The summed E-state index contributed by atoms with van der Waals surface area (Å²) < 4.78 is 0. The quantitative estimate of drug-likeness (QED) is 0.797. The molecule has 2 aromatic carbocycles. The first-order valence-electron chi connectivity index (χ1n) is 8.39. The summed E-state index contributed by atoms with van der Waals surface area (Å²) in [5.74, 6) is 0. The van der Waals surface area contributed by atoms with E-state index in [1.54, 1.807) is 0 Å². The Labute approximate surface area is 145 Å². The van der Waals surface area contributed by atoms with Crippen LogP contribution in [0.1, 0.15) is 48.6 Å². The van der Waals surface area contributed by atoms with E-state index in [1.807, 2.05) is 19.1 Å². The lowest BCUT2D eigenvalue weighted by atomic mass is 9.84. The maximum absolute atomic E-state index is 12.4. The number of carbonyl (C=O) groups is 1. The van der Waals surface area contributed by atoms with Gasteiger partial charge in [-0.2, -0.15) is 0 Å². The predicted octanol–water partition coefficient (Wildman–Crippen LogP) is 5.23. The minimum Gasteiger partial charge on any atom is -0.334 e. The molecule has 24 heavy (non-hydrogen) atoms. The Hall–Kier alpha value is -2.29. The van der Waals surface area contributed by atoms with Crippen LogP contribution < -0.4 is 10.6 Å². The Bertz CT molecular complexity index is 722. The van der Waals surface area contributed by atoms with Gasteiger partial charge in [0.2, 0.25) is 0 Å². The van der Waals surface area contributed by atoms with Crippen molar-refractivity contribution in [3.8, 4) is 0 Å². The van der Waals surface area contributed by atoms with Crippen LogP contribution in [0.2, 0.25) is 0 Å². The zero-order chi connectivity index (χ0) is 17.9. The second kappa shape index (κ2) is 7.08. The van der Waals surface area contributed by atoms with Gasteiger partial charge in [-0.05, 0) is 42.9 Å². The molecule has 0 bridgehead atoms. The van der Waals surface area contributed by atoms with Crippen LogP contribution in [-0.2, 0) is 12.0 Å². The molecule has 0 heterocycles. The van der Waals surface area contributed by atoms with Crippen molar-refractivity contribution in [1.29, 1.82) is 0 Å². The maximum Gasteiger partial charge on any atom is 0.319 e. The first-order chi connectivity index (χ1) is 11.2. The summed E-state index contributed by atoms with van der Waals surface area (Å²) in [6.45, 7) is 13.1. The van der Waals surface area contributed by atoms with Crippen LogP contribution >= 0.6 is 0 Å². The molecule has 0 atom stereocenters. The molecule has 0 unspecified atom stereocenters. The normalized spacial score (nSPS) is 11.2. The molecule has 0 aliphatic rings. The summed E-state index contributed by atoms with van der Waals surface area (Å²) in [5.41, 5.74) is 6.63. The van der Waals surface area contributed by atoms with E-state index in [1.165, 1.54) is 11.1 Å². The molecule has 0 saturated heterocycles. The third-order valence-corrected chi connectivity index (χ3v) is 4.05. The Kier molecular flexibility index (Phi) is 5.33. The van der Waals surface area contributed by atoms with Gasteiger partial charge in [-0.1, -0.05) is 68.3 Å². The van der Waals surface area contributed by atoms with Crippen LogP contribution in [-0.4, -0.2) is 6.03 Å². The number of nitrogens with one attached hydrogen (secondary N) is 2. The number of para-hydroxylation sites is 1. The molecule has 0 saturated carbocycles. The molecule has 2 rings (SSSR count). The molecule has 0 aliphatic heterocycles. The lowest BCUT2D eigenvalue weighted by molar-refractivity contribution is 0.251. The van der Waals surface area contributed by atoms with Gasteiger partial charge in [0, 0.05) is 12.2 Å². The molecule has 3 heteroatoms. The SMILES string of the molecule is Cc1cc(C)cc(CNC(=O)Nc2c(C)cccc2C(C)(C)C)c1. The highest BCUT2D eigenvalue weighted by molar-refractivity contribution is 5.91. The average molecular weight is 324 g/mol. The minimum atomic E-state index is -0.172. The molecular formula is C21H28N2O. The molecule has 0 aromatic heterocycles. The predicted molar refractivity (Wildman–Crippen MR) is 102 cm³/mol. The van der Waals surface area contributed by atoms with E-state index >= 15 is 0 Å². The fourth-order valence-corrected chi connectivity index (χ4v) is 2.97. The zero-order valence-electron chi connectivity index (χ0n) is 15.6. The molecule has 2 amide bonds. The number of rotatable bonds is 3. The number of anilines is 1. The van der Waals surface area contributed by atoms with Crippen LogP contribution in [0.3, 0.4) is 0 Å². The van der Waals surface area contributed by atoms with Crippen molar-refractivity contribution in [2.45, 2.75) is 53.5 Å². The van der Waals surface area contributed by atoms with Crippen LogP contribution in [0.15, 0.2) is 36.4 Å².